The molecule has 0 aromatic heterocycles. The van der Waals surface area contributed by atoms with Crippen LogP contribution in [-0.2, 0) is 25.6 Å². The van der Waals surface area contributed by atoms with E-state index in [1.165, 1.54) is 0 Å². The molecule has 2 unspecified atom stereocenters. The quantitative estimate of drug-likeness (QED) is 0.819. The number of benzene rings is 1. The molecule has 2 N–H and O–H groups in total. The van der Waals surface area contributed by atoms with Crippen LogP contribution in [0.1, 0.15) is 45.6 Å². The summed E-state index contributed by atoms with van der Waals surface area (Å²) in [5.74, 6) is -0.505. The number of hydrogen-bond acceptors (Lipinski definition) is 5. The van der Waals surface area contributed by atoms with Gasteiger partial charge < -0.3 is 24.7 Å². The summed E-state index contributed by atoms with van der Waals surface area (Å²) in [6.07, 6.45) is 2.48. The highest BCUT2D eigenvalue weighted by molar-refractivity contribution is 5.13. The zero-order valence-corrected chi connectivity index (χ0v) is 15.5. The topological polar surface area (TPSA) is 62.9 Å². The monoisotopic (exact) mass is 349 g/mol. The highest BCUT2D eigenvalue weighted by Gasteiger charge is 2.53. The van der Waals surface area contributed by atoms with Crippen LogP contribution in [-0.4, -0.2) is 36.9 Å². The summed E-state index contributed by atoms with van der Waals surface area (Å²) >= 11 is 0. The Bertz CT molecular complexity index is 536. The molecule has 3 rings (SSSR count). The third-order valence-electron chi connectivity index (χ3n) is 5.00. The fraction of sp³-hybridized carbons (Fsp3) is 0.700. The molecule has 0 aliphatic carbocycles. The van der Waals surface area contributed by atoms with Crippen molar-refractivity contribution in [1.29, 1.82) is 0 Å². The number of hydrogen-bond donors (Lipinski definition) is 1. The zero-order valence-electron chi connectivity index (χ0n) is 15.5. The van der Waals surface area contributed by atoms with Crippen molar-refractivity contribution in [3.8, 4) is 0 Å². The van der Waals surface area contributed by atoms with Crippen molar-refractivity contribution in [1.82, 2.24) is 0 Å². The lowest BCUT2D eigenvalue weighted by atomic mass is 9.86. The van der Waals surface area contributed by atoms with Gasteiger partial charge in [-0.3, -0.25) is 0 Å². The molecule has 0 saturated carbocycles. The summed E-state index contributed by atoms with van der Waals surface area (Å²) in [5.41, 5.74) is 7.55. The molecule has 2 aliphatic rings. The molecular weight excluding hydrogens is 318 g/mol. The first-order valence-electron chi connectivity index (χ1n) is 9.38. The van der Waals surface area contributed by atoms with Crippen LogP contribution in [0.25, 0.3) is 0 Å². The maximum Gasteiger partial charge on any atom is 0.186 e. The molecule has 2 fully saturated rings. The third kappa shape index (κ3) is 4.60. The molecule has 2 heterocycles. The molecule has 0 spiro atoms. The van der Waals surface area contributed by atoms with Gasteiger partial charge in [0.2, 0.25) is 0 Å². The molecule has 1 aromatic rings. The Balaban J connectivity index is 1.65. The van der Waals surface area contributed by atoms with E-state index in [2.05, 4.69) is 6.92 Å². The maximum absolute atomic E-state index is 6.43. The van der Waals surface area contributed by atoms with E-state index in [0.717, 1.165) is 24.8 Å². The minimum atomic E-state index is -0.639. The standard InChI is InChI=1S/C20H31NO4/c1-4-5-11-16(21)15-13-23-19(18-17(15)24-20(2,3)25-18)22-12-14-9-7-6-8-10-14/h6-10,15-19H,4-5,11-13,21H2,1-3H3/t15-,16?,17-,18+,19?/m1/s1. The Morgan fingerprint density at radius 1 is 1.20 bits per heavy atom. The fourth-order valence-corrected chi connectivity index (χ4v) is 3.67. The first-order valence-corrected chi connectivity index (χ1v) is 9.38. The molecule has 2 aliphatic heterocycles. The van der Waals surface area contributed by atoms with Crippen molar-refractivity contribution in [3.63, 3.8) is 0 Å². The number of unbranched alkanes of at least 4 members (excludes halogenated alkanes) is 1. The van der Waals surface area contributed by atoms with E-state index in [-0.39, 0.29) is 24.2 Å². The Kier molecular flexibility index (Phi) is 6.12. The second-order valence-electron chi connectivity index (χ2n) is 7.53. The summed E-state index contributed by atoms with van der Waals surface area (Å²) in [5, 5.41) is 0. The van der Waals surface area contributed by atoms with Gasteiger partial charge in [-0.2, -0.15) is 0 Å². The van der Waals surface area contributed by atoms with E-state index in [1.54, 1.807) is 0 Å². The second kappa shape index (κ2) is 8.14. The molecule has 140 valence electrons. The molecule has 0 amide bonds. The summed E-state index contributed by atoms with van der Waals surface area (Å²) in [6, 6.07) is 10.1. The number of rotatable bonds is 7. The maximum atomic E-state index is 6.43. The Hall–Kier alpha value is -0.980. The fourth-order valence-electron chi connectivity index (χ4n) is 3.67. The van der Waals surface area contributed by atoms with Crippen LogP contribution in [0.2, 0.25) is 0 Å². The highest BCUT2D eigenvalue weighted by atomic mass is 16.8. The lowest BCUT2D eigenvalue weighted by Gasteiger charge is -2.39. The van der Waals surface area contributed by atoms with Crippen LogP contribution in [0.5, 0.6) is 0 Å². The van der Waals surface area contributed by atoms with E-state index in [1.807, 2.05) is 44.2 Å². The van der Waals surface area contributed by atoms with Gasteiger partial charge in [0, 0.05) is 12.0 Å². The van der Waals surface area contributed by atoms with Crippen molar-refractivity contribution in [2.75, 3.05) is 6.61 Å². The smallest absolute Gasteiger partial charge is 0.186 e. The van der Waals surface area contributed by atoms with Gasteiger partial charge in [-0.1, -0.05) is 50.1 Å². The van der Waals surface area contributed by atoms with Crippen LogP contribution in [0.15, 0.2) is 30.3 Å². The van der Waals surface area contributed by atoms with Gasteiger partial charge >= 0.3 is 0 Å². The molecule has 0 bridgehead atoms. The summed E-state index contributed by atoms with van der Waals surface area (Å²) in [6.45, 7) is 7.09. The van der Waals surface area contributed by atoms with E-state index in [0.29, 0.717) is 13.2 Å². The van der Waals surface area contributed by atoms with Gasteiger partial charge in [-0.25, -0.2) is 0 Å². The summed E-state index contributed by atoms with van der Waals surface area (Å²) in [7, 11) is 0. The number of ether oxygens (including phenoxy) is 4. The van der Waals surface area contributed by atoms with E-state index in [9.17, 15) is 0 Å². The zero-order chi connectivity index (χ0) is 17.9. The number of nitrogens with two attached hydrogens (primary N) is 1. The lowest BCUT2D eigenvalue weighted by molar-refractivity contribution is -0.245. The third-order valence-corrected chi connectivity index (χ3v) is 5.00. The normalized spacial score (nSPS) is 32.3. The Morgan fingerprint density at radius 2 is 1.92 bits per heavy atom. The SMILES string of the molecule is CCCCC(N)[C@H]1COC(OCc2ccccc2)[C@H]2OC(C)(C)O[C@H]12. The molecule has 1 aromatic carbocycles. The van der Waals surface area contributed by atoms with Gasteiger partial charge in [0.1, 0.15) is 6.10 Å². The number of fused-ring (bicyclic) bond motifs is 1. The molecule has 25 heavy (non-hydrogen) atoms. The lowest BCUT2D eigenvalue weighted by Crippen LogP contribution is -2.54. The van der Waals surface area contributed by atoms with Crippen molar-refractivity contribution in [3.05, 3.63) is 35.9 Å². The molecular formula is C20H31NO4. The van der Waals surface area contributed by atoms with Crippen LogP contribution in [0, 0.1) is 5.92 Å². The van der Waals surface area contributed by atoms with Gasteiger partial charge in [-0.05, 0) is 25.8 Å². The van der Waals surface area contributed by atoms with Crippen molar-refractivity contribution in [2.45, 2.75) is 77.0 Å². The average Bonchev–Trinajstić information content (AvgIpc) is 2.93. The molecule has 5 atom stereocenters. The van der Waals surface area contributed by atoms with Gasteiger partial charge in [0.15, 0.2) is 12.1 Å². The molecule has 0 radical (unpaired) electrons. The van der Waals surface area contributed by atoms with Crippen LogP contribution in [0.3, 0.4) is 0 Å². The van der Waals surface area contributed by atoms with Gasteiger partial charge in [-0.15, -0.1) is 0 Å². The Morgan fingerprint density at radius 3 is 2.64 bits per heavy atom. The van der Waals surface area contributed by atoms with Gasteiger partial charge in [0.25, 0.3) is 0 Å². The second-order valence-corrected chi connectivity index (χ2v) is 7.53. The molecule has 2 saturated heterocycles. The van der Waals surface area contributed by atoms with Crippen LogP contribution >= 0.6 is 0 Å². The highest BCUT2D eigenvalue weighted by Crippen LogP contribution is 2.39. The predicted octanol–water partition coefficient (Wildman–Crippen LogP) is 3.21. The first kappa shape index (κ1) is 18.8. The van der Waals surface area contributed by atoms with Gasteiger partial charge in [0.05, 0.1) is 19.3 Å². The molecule has 5 nitrogen and oxygen atoms in total. The largest absolute Gasteiger partial charge is 0.349 e. The minimum absolute atomic E-state index is 0.0556. The van der Waals surface area contributed by atoms with Crippen LogP contribution < -0.4 is 5.73 Å². The van der Waals surface area contributed by atoms with Crippen molar-refractivity contribution in [2.24, 2.45) is 11.7 Å². The van der Waals surface area contributed by atoms with Crippen LogP contribution in [0.4, 0.5) is 0 Å². The average molecular weight is 349 g/mol. The Labute approximate surface area is 150 Å². The summed E-state index contributed by atoms with van der Waals surface area (Å²) in [4.78, 5) is 0. The van der Waals surface area contributed by atoms with Crippen molar-refractivity contribution >= 4 is 0 Å². The minimum Gasteiger partial charge on any atom is -0.349 e. The molecule has 5 heteroatoms. The van der Waals surface area contributed by atoms with E-state index in [4.69, 9.17) is 24.7 Å². The summed E-state index contributed by atoms with van der Waals surface area (Å²) < 4.78 is 24.3. The van der Waals surface area contributed by atoms with Crippen molar-refractivity contribution < 1.29 is 18.9 Å². The van der Waals surface area contributed by atoms with E-state index >= 15 is 0 Å². The van der Waals surface area contributed by atoms with E-state index < -0.39 is 12.1 Å². The first-order chi connectivity index (χ1) is 12.0. The predicted molar refractivity (Wildman–Crippen MR) is 95.8 cm³/mol.